The molecule has 0 saturated heterocycles. The minimum Gasteiger partial charge on any atom is -0.384 e. The Morgan fingerprint density at radius 2 is 1.95 bits per heavy atom. The van der Waals surface area contributed by atoms with Crippen molar-refractivity contribution >= 4 is 23.1 Å². The molecule has 1 aromatic heterocycles. The Morgan fingerprint density at radius 1 is 1.30 bits per heavy atom. The lowest BCUT2D eigenvalue weighted by atomic mass is 10.2. The van der Waals surface area contributed by atoms with Crippen molar-refractivity contribution in [2.24, 2.45) is 0 Å². The summed E-state index contributed by atoms with van der Waals surface area (Å²) in [6.45, 7) is 0. The number of carbonyl (C=O) groups excluding carboxylic acids is 1. The van der Waals surface area contributed by atoms with Crippen molar-refractivity contribution in [3.63, 3.8) is 0 Å². The number of amides is 1. The van der Waals surface area contributed by atoms with Crippen molar-refractivity contribution in [1.29, 1.82) is 0 Å². The van der Waals surface area contributed by atoms with Crippen molar-refractivity contribution < 1.29 is 9.72 Å². The van der Waals surface area contributed by atoms with Crippen LogP contribution in [0.3, 0.4) is 0 Å². The molecular weight excluding hydrogens is 260 g/mol. The predicted molar refractivity (Wildman–Crippen MR) is 74.5 cm³/mol. The number of aromatic nitrogens is 1. The fourth-order valence-electron chi connectivity index (χ4n) is 1.69. The first kappa shape index (κ1) is 13.5. The van der Waals surface area contributed by atoms with Crippen LogP contribution in [0.25, 0.3) is 0 Å². The highest BCUT2D eigenvalue weighted by atomic mass is 16.6. The monoisotopic (exact) mass is 272 g/mol. The van der Waals surface area contributed by atoms with Crippen LogP contribution in [0.15, 0.2) is 42.6 Å². The van der Waals surface area contributed by atoms with E-state index in [1.165, 1.54) is 41.4 Å². The number of nitrogens with zero attached hydrogens (tertiary/aromatic N) is 3. The number of nitro benzene ring substituents is 1. The van der Waals surface area contributed by atoms with Crippen molar-refractivity contribution in [3.8, 4) is 0 Å². The molecule has 2 aromatic rings. The minimum atomic E-state index is -0.491. The second-order valence-electron chi connectivity index (χ2n) is 4.11. The predicted octanol–water partition coefficient (Wildman–Crippen LogP) is 1.85. The van der Waals surface area contributed by atoms with E-state index >= 15 is 0 Å². The van der Waals surface area contributed by atoms with Crippen LogP contribution in [-0.2, 0) is 0 Å². The zero-order valence-corrected chi connectivity index (χ0v) is 10.7. The first-order valence-electron chi connectivity index (χ1n) is 5.73. The Bertz CT molecular complexity index is 655. The molecule has 1 aromatic carbocycles. The normalized spacial score (nSPS) is 10.1. The van der Waals surface area contributed by atoms with Crippen molar-refractivity contribution in [2.75, 3.05) is 17.7 Å². The molecule has 2 N–H and O–H groups in total. The number of carbonyl (C=O) groups is 1. The van der Waals surface area contributed by atoms with Gasteiger partial charge < -0.3 is 10.6 Å². The summed E-state index contributed by atoms with van der Waals surface area (Å²) in [7, 11) is 1.58. The number of pyridine rings is 1. The van der Waals surface area contributed by atoms with Gasteiger partial charge in [0.25, 0.3) is 11.6 Å². The van der Waals surface area contributed by atoms with Gasteiger partial charge in [0.2, 0.25) is 0 Å². The van der Waals surface area contributed by atoms with Gasteiger partial charge in [-0.1, -0.05) is 0 Å². The molecule has 20 heavy (non-hydrogen) atoms. The molecule has 0 fully saturated rings. The van der Waals surface area contributed by atoms with Crippen LogP contribution in [0.1, 0.15) is 10.4 Å². The third-order valence-corrected chi connectivity index (χ3v) is 2.78. The zero-order chi connectivity index (χ0) is 14.7. The summed E-state index contributed by atoms with van der Waals surface area (Å²) in [6, 6.07) is 8.76. The molecular formula is C13H12N4O3. The number of benzene rings is 1. The number of non-ortho nitro benzene ring substituents is 1. The molecule has 0 aliphatic rings. The topological polar surface area (TPSA) is 102 Å². The van der Waals surface area contributed by atoms with Crippen LogP contribution in [0, 0.1) is 10.1 Å². The molecule has 0 atom stereocenters. The van der Waals surface area contributed by atoms with Gasteiger partial charge in [-0.15, -0.1) is 0 Å². The maximum atomic E-state index is 12.2. The third kappa shape index (κ3) is 2.72. The van der Waals surface area contributed by atoms with Gasteiger partial charge in [-0.3, -0.25) is 14.9 Å². The van der Waals surface area contributed by atoms with E-state index in [9.17, 15) is 14.9 Å². The maximum absolute atomic E-state index is 12.2. The number of nitro groups is 1. The van der Waals surface area contributed by atoms with Crippen molar-refractivity contribution in [3.05, 3.63) is 58.3 Å². The van der Waals surface area contributed by atoms with E-state index in [0.717, 1.165) is 0 Å². The summed E-state index contributed by atoms with van der Waals surface area (Å²) in [6.07, 6.45) is 1.45. The first-order chi connectivity index (χ1) is 9.49. The van der Waals surface area contributed by atoms with E-state index in [4.69, 9.17) is 5.73 Å². The number of hydrogen-bond donors (Lipinski definition) is 1. The number of nitrogen functional groups attached to an aromatic ring is 1. The Kier molecular flexibility index (Phi) is 3.60. The molecule has 0 spiro atoms. The van der Waals surface area contributed by atoms with Crippen molar-refractivity contribution in [1.82, 2.24) is 4.98 Å². The molecule has 7 nitrogen and oxygen atoms in total. The Labute approximate surface area is 114 Å². The summed E-state index contributed by atoms with van der Waals surface area (Å²) < 4.78 is 0. The van der Waals surface area contributed by atoms with Crippen LogP contribution in [0.2, 0.25) is 0 Å². The van der Waals surface area contributed by atoms with E-state index in [0.29, 0.717) is 11.3 Å². The van der Waals surface area contributed by atoms with Gasteiger partial charge in [0.05, 0.1) is 4.92 Å². The SMILES string of the molecule is CN(C(=O)c1ccnc(N)c1)c1ccc([N+](=O)[O-])cc1. The number of anilines is 2. The molecule has 0 radical (unpaired) electrons. The van der Waals surface area contributed by atoms with Crippen molar-refractivity contribution in [2.45, 2.75) is 0 Å². The third-order valence-electron chi connectivity index (χ3n) is 2.78. The number of nitrogens with two attached hydrogens (primary N) is 1. The average Bonchev–Trinajstić information content (AvgIpc) is 2.46. The first-order valence-corrected chi connectivity index (χ1v) is 5.73. The lowest BCUT2D eigenvalue weighted by molar-refractivity contribution is -0.384. The summed E-state index contributed by atoms with van der Waals surface area (Å²) in [5, 5.41) is 10.6. The second kappa shape index (κ2) is 5.35. The van der Waals surface area contributed by atoms with Gasteiger partial charge in [-0.25, -0.2) is 4.98 Å². The standard InChI is InChI=1S/C13H12N4O3/c1-16(10-2-4-11(5-3-10)17(19)20)13(18)9-6-7-15-12(14)8-9/h2-8H,1H3,(H2,14,15). The average molecular weight is 272 g/mol. The van der Waals surface area contributed by atoms with Crippen LogP contribution in [0.5, 0.6) is 0 Å². The number of hydrogen-bond acceptors (Lipinski definition) is 5. The molecule has 0 aliphatic carbocycles. The summed E-state index contributed by atoms with van der Waals surface area (Å²) >= 11 is 0. The van der Waals surface area contributed by atoms with E-state index in [2.05, 4.69) is 4.98 Å². The Morgan fingerprint density at radius 3 is 2.50 bits per heavy atom. The molecule has 0 aliphatic heterocycles. The molecule has 102 valence electrons. The molecule has 0 unspecified atom stereocenters. The molecule has 0 bridgehead atoms. The highest BCUT2D eigenvalue weighted by Crippen LogP contribution is 2.20. The van der Waals surface area contributed by atoms with Gasteiger partial charge >= 0.3 is 0 Å². The van der Waals surface area contributed by atoms with Gasteiger partial charge in [0, 0.05) is 36.6 Å². The largest absolute Gasteiger partial charge is 0.384 e. The van der Waals surface area contributed by atoms with Gasteiger partial charge in [-0.2, -0.15) is 0 Å². The van der Waals surface area contributed by atoms with E-state index in [1.807, 2.05) is 0 Å². The van der Waals surface area contributed by atoms with Crippen LogP contribution >= 0.6 is 0 Å². The number of rotatable bonds is 3. The second-order valence-corrected chi connectivity index (χ2v) is 4.11. The van der Waals surface area contributed by atoms with Crippen LogP contribution in [0.4, 0.5) is 17.2 Å². The summed E-state index contributed by atoms with van der Waals surface area (Å²) in [5.74, 6) is -0.0131. The summed E-state index contributed by atoms with van der Waals surface area (Å²) in [5.41, 5.74) is 6.46. The van der Waals surface area contributed by atoms with Gasteiger partial charge in [0.15, 0.2) is 0 Å². The van der Waals surface area contributed by atoms with E-state index in [1.54, 1.807) is 13.1 Å². The fourth-order valence-corrected chi connectivity index (χ4v) is 1.69. The van der Waals surface area contributed by atoms with Crippen LogP contribution in [-0.4, -0.2) is 22.9 Å². The molecule has 2 rings (SSSR count). The molecule has 1 amide bonds. The molecule has 0 saturated carbocycles. The zero-order valence-electron chi connectivity index (χ0n) is 10.7. The van der Waals surface area contributed by atoms with E-state index in [-0.39, 0.29) is 17.4 Å². The highest BCUT2D eigenvalue weighted by molar-refractivity contribution is 6.06. The highest BCUT2D eigenvalue weighted by Gasteiger charge is 2.15. The lowest BCUT2D eigenvalue weighted by Gasteiger charge is -2.17. The molecule has 1 heterocycles. The Balaban J connectivity index is 2.24. The summed E-state index contributed by atoms with van der Waals surface area (Å²) in [4.78, 5) is 27.5. The smallest absolute Gasteiger partial charge is 0.269 e. The molecule has 7 heteroatoms. The minimum absolute atomic E-state index is 0.0252. The van der Waals surface area contributed by atoms with Gasteiger partial charge in [-0.05, 0) is 24.3 Å². The fraction of sp³-hybridized carbons (Fsp3) is 0.0769. The van der Waals surface area contributed by atoms with Gasteiger partial charge in [0.1, 0.15) is 5.82 Å². The van der Waals surface area contributed by atoms with Crippen LogP contribution < -0.4 is 10.6 Å². The Hall–Kier alpha value is -2.96. The maximum Gasteiger partial charge on any atom is 0.269 e. The lowest BCUT2D eigenvalue weighted by Crippen LogP contribution is -2.26. The van der Waals surface area contributed by atoms with E-state index < -0.39 is 4.92 Å². The quantitative estimate of drug-likeness (QED) is 0.678.